The van der Waals surface area contributed by atoms with Crippen LogP contribution in [0.15, 0.2) is 0 Å². The average molecular weight is 865 g/mol. The number of aliphatic hydroxyl groups excluding tert-OH is 7. The summed E-state index contributed by atoms with van der Waals surface area (Å²) in [4.78, 5) is 25.6. The van der Waals surface area contributed by atoms with Gasteiger partial charge in [-0.05, 0) is 12.8 Å². The van der Waals surface area contributed by atoms with Gasteiger partial charge in [0.05, 0.1) is 19.8 Å². The summed E-state index contributed by atoms with van der Waals surface area (Å²) < 4.78 is 33.4. The Morgan fingerprint density at radius 2 is 0.850 bits per heavy atom. The lowest BCUT2D eigenvalue weighted by Gasteiger charge is -2.42. The second-order valence-corrected chi connectivity index (χ2v) is 17.0. The molecule has 0 amide bonds. The number of hydrogen-bond acceptors (Lipinski definition) is 15. The number of esters is 2. The molecular weight excluding hydrogens is 780 g/mol. The van der Waals surface area contributed by atoms with Crippen molar-refractivity contribution in [1.29, 1.82) is 0 Å². The van der Waals surface area contributed by atoms with Gasteiger partial charge in [0.15, 0.2) is 18.7 Å². The molecule has 2 aliphatic rings. The van der Waals surface area contributed by atoms with E-state index in [9.17, 15) is 45.3 Å². The summed E-state index contributed by atoms with van der Waals surface area (Å²) in [5.74, 6) is -0.918. The molecule has 0 aromatic heterocycles. The Balaban J connectivity index is 1.83. The predicted molar refractivity (Wildman–Crippen MR) is 225 cm³/mol. The van der Waals surface area contributed by atoms with Crippen molar-refractivity contribution in [2.45, 2.75) is 248 Å². The molecule has 0 unspecified atom stereocenters. The van der Waals surface area contributed by atoms with Crippen molar-refractivity contribution in [1.82, 2.24) is 0 Å². The highest BCUT2D eigenvalue weighted by Gasteiger charge is 2.47. The van der Waals surface area contributed by atoms with Crippen LogP contribution in [0.3, 0.4) is 0 Å². The molecule has 2 rings (SSSR count). The number of ether oxygens (including phenoxy) is 6. The molecule has 2 fully saturated rings. The topological polar surface area (TPSA) is 231 Å². The first-order valence-corrected chi connectivity index (χ1v) is 23.6. The number of unbranched alkanes of at least 4 members (excludes halogenated alkanes) is 22. The molecule has 0 aromatic rings. The zero-order valence-corrected chi connectivity index (χ0v) is 37.0. The van der Waals surface area contributed by atoms with Gasteiger partial charge >= 0.3 is 11.9 Å². The van der Waals surface area contributed by atoms with E-state index in [0.717, 1.165) is 38.5 Å². The fourth-order valence-corrected chi connectivity index (χ4v) is 7.63. The van der Waals surface area contributed by atoms with Crippen LogP contribution in [0.25, 0.3) is 0 Å². The number of rotatable bonds is 36. The normalized spacial score (nSPS) is 27.5. The molecule has 0 bridgehead atoms. The second-order valence-electron chi connectivity index (χ2n) is 17.0. The maximum Gasteiger partial charge on any atom is 0.306 e. The van der Waals surface area contributed by atoms with Gasteiger partial charge in [0.2, 0.25) is 0 Å². The van der Waals surface area contributed by atoms with Gasteiger partial charge in [-0.15, -0.1) is 0 Å². The lowest BCUT2D eigenvalue weighted by atomic mass is 9.98. The van der Waals surface area contributed by atoms with Gasteiger partial charge in [0.1, 0.15) is 55.4 Å². The number of hydrogen-bond donors (Lipinski definition) is 7. The van der Waals surface area contributed by atoms with Gasteiger partial charge in [-0.1, -0.05) is 155 Å². The van der Waals surface area contributed by atoms with E-state index in [1.165, 1.54) is 103 Å². The molecule has 11 atom stereocenters. The van der Waals surface area contributed by atoms with Crippen LogP contribution < -0.4 is 0 Å². The Kier molecular flexibility index (Phi) is 30.9. The largest absolute Gasteiger partial charge is 0.462 e. The van der Waals surface area contributed by atoms with Gasteiger partial charge in [0.25, 0.3) is 0 Å². The van der Waals surface area contributed by atoms with Crippen LogP contribution in [0.1, 0.15) is 181 Å². The molecule has 7 N–H and O–H groups in total. The van der Waals surface area contributed by atoms with Crippen LogP contribution in [0, 0.1) is 0 Å². The van der Waals surface area contributed by atoms with E-state index in [-0.39, 0.29) is 26.1 Å². The third-order valence-corrected chi connectivity index (χ3v) is 11.6. The van der Waals surface area contributed by atoms with Gasteiger partial charge in [0, 0.05) is 12.8 Å². The Bertz CT molecular complexity index is 1070. The molecule has 354 valence electrons. The smallest absolute Gasteiger partial charge is 0.306 e. The lowest BCUT2D eigenvalue weighted by Crippen LogP contribution is -2.61. The first-order chi connectivity index (χ1) is 29.0. The van der Waals surface area contributed by atoms with Crippen LogP contribution in [0.2, 0.25) is 0 Å². The summed E-state index contributed by atoms with van der Waals surface area (Å²) in [6.45, 7) is 2.57. The Hall–Kier alpha value is -1.50. The molecule has 15 heteroatoms. The van der Waals surface area contributed by atoms with Crippen LogP contribution in [-0.2, 0) is 38.0 Å². The minimum Gasteiger partial charge on any atom is -0.462 e. The van der Waals surface area contributed by atoms with E-state index >= 15 is 0 Å². The van der Waals surface area contributed by atoms with Gasteiger partial charge in [-0.3, -0.25) is 9.59 Å². The minimum atomic E-state index is -1.76. The van der Waals surface area contributed by atoms with Gasteiger partial charge in [-0.25, -0.2) is 0 Å². The van der Waals surface area contributed by atoms with Crippen molar-refractivity contribution in [3.8, 4) is 0 Å². The van der Waals surface area contributed by atoms with Crippen molar-refractivity contribution >= 4 is 11.9 Å². The highest BCUT2D eigenvalue weighted by molar-refractivity contribution is 5.70. The monoisotopic (exact) mass is 865 g/mol. The third kappa shape index (κ3) is 22.7. The molecule has 0 aliphatic carbocycles. The molecule has 2 aliphatic heterocycles. The van der Waals surface area contributed by atoms with Crippen molar-refractivity contribution in [3.05, 3.63) is 0 Å². The predicted octanol–water partition coefficient (Wildman–Crippen LogP) is 5.26. The summed E-state index contributed by atoms with van der Waals surface area (Å²) in [5, 5.41) is 71.8. The lowest BCUT2D eigenvalue weighted by molar-refractivity contribution is -0.332. The summed E-state index contributed by atoms with van der Waals surface area (Å²) in [6.07, 6.45) is 11.5. The molecule has 2 heterocycles. The maximum atomic E-state index is 12.9. The number of aliphatic hydroxyl groups is 7. The summed E-state index contributed by atoms with van der Waals surface area (Å²) in [6, 6.07) is 0. The van der Waals surface area contributed by atoms with E-state index in [0.29, 0.717) is 12.8 Å². The molecular formula is C45H84O15. The molecule has 2 saturated heterocycles. The summed E-state index contributed by atoms with van der Waals surface area (Å²) in [5.41, 5.74) is 0. The van der Waals surface area contributed by atoms with E-state index < -0.39 is 92.7 Å². The van der Waals surface area contributed by atoms with E-state index in [4.69, 9.17) is 28.4 Å². The standard InChI is InChI=1S/C45H84O15/c1-3-5-7-9-11-13-14-15-16-17-18-20-22-24-26-28-37(48)58-33(30-55-36(47)27-25-23-21-19-12-10-8-6-4-2)31-56-44-43(54)41(52)39(50)35(60-44)32-57-45-42(53)40(51)38(49)34(29-46)59-45/h33-35,38-46,49-54H,3-32H2,1-2H3/t33-,34-,35-,38+,39+,40+,41+,42-,43-,44-,45+/m1/s1. The summed E-state index contributed by atoms with van der Waals surface area (Å²) >= 11 is 0. The van der Waals surface area contributed by atoms with Crippen LogP contribution in [0.4, 0.5) is 0 Å². The molecule has 15 nitrogen and oxygen atoms in total. The molecule has 0 saturated carbocycles. The van der Waals surface area contributed by atoms with E-state index in [1.54, 1.807) is 0 Å². The van der Waals surface area contributed by atoms with Crippen LogP contribution in [0.5, 0.6) is 0 Å². The third-order valence-electron chi connectivity index (χ3n) is 11.6. The zero-order chi connectivity index (χ0) is 44.0. The van der Waals surface area contributed by atoms with Crippen molar-refractivity contribution in [3.63, 3.8) is 0 Å². The highest BCUT2D eigenvalue weighted by Crippen LogP contribution is 2.26. The van der Waals surface area contributed by atoms with Crippen molar-refractivity contribution in [2.75, 3.05) is 26.4 Å². The number of carbonyl (C=O) groups excluding carboxylic acids is 2. The van der Waals surface area contributed by atoms with E-state index in [2.05, 4.69) is 13.8 Å². The first kappa shape index (κ1) is 54.6. The molecule has 0 spiro atoms. The SMILES string of the molecule is CCCCCCCCCCCCCCCCCC(=O)O[C@H](COC(=O)CCCCCCCCCCC)CO[C@@H]1O[C@H](CO[C@H]2O[C@H](CO)[C@H](O)[C@H](O)[C@H]2O)[C@H](O)[C@H](O)[C@H]1O. The van der Waals surface area contributed by atoms with E-state index in [1.807, 2.05) is 0 Å². The van der Waals surface area contributed by atoms with Crippen LogP contribution >= 0.6 is 0 Å². The fourth-order valence-electron chi connectivity index (χ4n) is 7.63. The Morgan fingerprint density at radius 1 is 0.467 bits per heavy atom. The molecule has 0 aromatic carbocycles. The van der Waals surface area contributed by atoms with Crippen molar-refractivity contribution < 1.29 is 73.8 Å². The second kappa shape index (κ2) is 34.0. The minimum absolute atomic E-state index is 0.173. The van der Waals surface area contributed by atoms with Gasteiger partial charge in [-0.2, -0.15) is 0 Å². The average Bonchev–Trinajstić information content (AvgIpc) is 3.24. The Morgan fingerprint density at radius 3 is 1.30 bits per heavy atom. The quantitative estimate of drug-likeness (QED) is 0.0315. The fraction of sp³-hybridized carbons (Fsp3) is 0.956. The molecule has 60 heavy (non-hydrogen) atoms. The number of carbonyl (C=O) groups is 2. The highest BCUT2D eigenvalue weighted by atomic mass is 16.7. The summed E-state index contributed by atoms with van der Waals surface area (Å²) in [7, 11) is 0. The van der Waals surface area contributed by atoms with Gasteiger partial charge < -0.3 is 64.2 Å². The Labute approximate surface area is 359 Å². The maximum absolute atomic E-state index is 12.9. The zero-order valence-electron chi connectivity index (χ0n) is 37.0. The van der Waals surface area contributed by atoms with Crippen molar-refractivity contribution in [2.24, 2.45) is 0 Å². The molecule has 0 radical (unpaired) electrons. The van der Waals surface area contributed by atoms with Crippen LogP contribution in [-0.4, -0.2) is 142 Å². The first-order valence-electron chi connectivity index (χ1n) is 23.6.